The summed E-state index contributed by atoms with van der Waals surface area (Å²) in [5.41, 5.74) is 0.755. The minimum absolute atomic E-state index is 0.0920. The molecule has 9 heteroatoms. The fraction of sp³-hybridized carbons (Fsp3) is 0.526. The number of hydrogen-bond donors (Lipinski definition) is 1. The number of nitrogens with one attached hydrogen (secondary N) is 1. The molecule has 0 saturated carbocycles. The minimum Gasteiger partial charge on any atom is -0.491 e. The number of nitrogens with zero attached hydrogens (tertiary/aromatic N) is 5. The Kier molecular flexibility index (Phi) is 5.61. The molecule has 1 unspecified atom stereocenters. The van der Waals surface area contributed by atoms with E-state index < -0.39 is 0 Å². The lowest BCUT2D eigenvalue weighted by Crippen LogP contribution is -2.50. The van der Waals surface area contributed by atoms with Crippen LogP contribution in [0.25, 0.3) is 0 Å². The second-order valence-electron chi connectivity index (χ2n) is 7.12. The number of benzene rings is 1. The van der Waals surface area contributed by atoms with E-state index in [-0.39, 0.29) is 12.1 Å². The molecule has 28 heavy (non-hydrogen) atoms. The lowest BCUT2D eigenvalue weighted by molar-refractivity contribution is 0.0679. The third kappa shape index (κ3) is 4.36. The fourth-order valence-corrected chi connectivity index (χ4v) is 3.47. The second kappa shape index (κ2) is 8.47. The normalized spacial score (nSPS) is 19.7. The summed E-state index contributed by atoms with van der Waals surface area (Å²) in [5.74, 6) is 1.62. The lowest BCUT2D eigenvalue weighted by atomic mass is 10.2. The van der Waals surface area contributed by atoms with Crippen LogP contribution in [0.15, 0.2) is 30.6 Å². The topological polar surface area (TPSA) is 84.8 Å². The Balaban J connectivity index is 1.24. The van der Waals surface area contributed by atoms with E-state index in [1.807, 2.05) is 40.8 Å². The van der Waals surface area contributed by atoms with Crippen molar-refractivity contribution in [3.63, 3.8) is 0 Å². The Labute approximate surface area is 164 Å². The van der Waals surface area contributed by atoms with Crippen LogP contribution in [0.4, 0.5) is 16.4 Å². The van der Waals surface area contributed by atoms with Gasteiger partial charge in [0, 0.05) is 45.5 Å². The molecule has 4 rings (SSSR count). The van der Waals surface area contributed by atoms with Crippen LogP contribution < -0.4 is 15.0 Å². The van der Waals surface area contributed by atoms with Gasteiger partial charge in [0.2, 0.25) is 5.95 Å². The summed E-state index contributed by atoms with van der Waals surface area (Å²) < 4.78 is 13.2. The van der Waals surface area contributed by atoms with Gasteiger partial charge in [0.15, 0.2) is 0 Å². The minimum atomic E-state index is -0.0920. The maximum atomic E-state index is 12.5. The van der Waals surface area contributed by atoms with E-state index in [0.717, 1.165) is 49.9 Å². The molecule has 1 aromatic heterocycles. The highest BCUT2D eigenvalue weighted by molar-refractivity contribution is 5.89. The highest BCUT2D eigenvalue weighted by atomic mass is 16.5. The fourth-order valence-electron chi connectivity index (χ4n) is 3.47. The largest absolute Gasteiger partial charge is 0.491 e. The van der Waals surface area contributed by atoms with Gasteiger partial charge in [-0.3, -0.25) is 0 Å². The number of anilines is 2. The molecule has 1 aromatic carbocycles. The quantitative estimate of drug-likeness (QED) is 0.842. The van der Waals surface area contributed by atoms with Crippen LogP contribution >= 0.6 is 0 Å². The van der Waals surface area contributed by atoms with Gasteiger partial charge in [0.25, 0.3) is 0 Å². The zero-order valence-corrected chi connectivity index (χ0v) is 16.1. The van der Waals surface area contributed by atoms with Crippen LogP contribution in [0.3, 0.4) is 0 Å². The van der Waals surface area contributed by atoms with Gasteiger partial charge in [0.05, 0.1) is 6.10 Å². The Morgan fingerprint density at radius 3 is 2.68 bits per heavy atom. The van der Waals surface area contributed by atoms with Crippen molar-refractivity contribution in [2.45, 2.75) is 18.9 Å². The van der Waals surface area contributed by atoms with Crippen molar-refractivity contribution in [3.05, 3.63) is 30.6 Å². The number of aromatic nitrogens is 3. The van der Waals surface area contributed by atoms with Gasteiger partial charge in [-0.05, 0) is 37.1 Å². The van der Waals surface area contributed by atoms with Crippen LogP contribution in [0.2, 0.25) is 0 Å². The van der Waals surface area contributed by atoms with Gasteiger partial charge in [0.1, 0.15) is 18.7 Å². The van der Waals surface area contributed by atoms with Crippen molar-refractivity contribution < 1.29 is 14.3 Å². The average molecular weight is 386 g/mol. The molecule has 0 bridgehead atoms. The molecule has 3 heterocycles. The monoisotopic (exact) mass is 386 g/mol. The summed E-state index contributed by atoms with van der Waals surface area (Å²) in [6.45, 7) is 4.14. The molecule has 150 valence electrons. The number of carbonyl (C=O) groups is 1. The molecule has 0 radical (unpaired) electrons. The van der Waals surface area contributed by atoms with Crippen LogP contribution in [-0.2, 0) is 11.8 Å². The number of amides is 2. The molecule has 2 aliphatic heterocycles. The van der Waals surface area contributed by atoms with E-state index >= 15 is 0 Å². The van der Waals surface area contributed by atoms with Crippen LogP contribution in [0.1, 0.15) is 12.8 Å². The maximum Gasteiger partial charge on any atom is 0.321 e. The summed E-state index contributed by atoms with van der Waals surface area (Å²) in [7, 11) is 1.92. The van der Waals surface area contributed by atoms with Crippen LogP contribution in [0, 0.1) is 0 Å². The molecule has 2 amide bonds. The molecule has 0 spiro atoms. The van der Waals surface area contributed by atoms with Crippen molar-refractivity contribution >= 4 is 17.7 Å². The van der Waals surface area contributed by atoms with Crippen molar-refractivity contribution in [1.29, 1.82) is 0 Å². The number of piperazine rings is 1. The van der Waals surface area contributed by atoms with Crippen LogP contribution in [-0.4, -0.2) is 71.2 Å². The Bertz CT molecular complexity index is 779. The third-order valence-corrected chi connectivity index (χ3v) is 5.10. The molecule has 2 fully saturated rings. The highest BCUT2D eigenvalue weighted by Crippen LogP contribution is 2.19. The van der Waals surface area contributed by atoms with Gasteiger partial charge in [-0.25, -0.2) is 4.79 Å². The number of carbonyl (C=O) groups excluding carboxylic acids is 1. The number of hydrogen-bond acceptors (Lipinski definition) is 6. The predicted octanol–water partition coefficient (Wildman–Crippen LogP) is 1.73. The van der Waals surface area contributed by atoms with Crippen molar-refractivity contribution in [2.24, 2.45) is 7.05 Å². The van der Waals surface area contributed by atoms with E-state index in [9.17, 15) is 4.79 Å². The molecular formula is C19H26N6O3. The Morgan fingerprint density at radius 2 is 2.04 bits per heavy atom. The van der Waals surface area contributed by atoms with Gasteiger partial charge in [-0.2, -0.15) is 0 Å². The summed E-state index contributed by atoms with van der Waals surface area (Å²) in [6.07, 6.45) is 4.03. The molecule has 2 aliphatic rings. The number of rotatable bonds is 5. The first-order valence-corrected chi connectivity index (χ1v) is 9.68. The van der Waals surface area contributed by atoms with E-state index in [1.165, 1.54) is 0 Å². The summed E-state index contributed by atoms with van der Waals surface area (Å²) >= 11 is 0. The zero-order chi connectivity index (χ0) is 19.3. The average Bonchev–Trinajstić information content (AvgIpc) is 3.39. The van der Waals surface area contributed by atoms with E-state index in [4.69, 9.17) is 9.47 Å². The number of aryl methyl sites for hydroxylation is 1. The molecule has 2 aromatic rings. The summed E-state index contributed by atoms with van der Waals surface area (Å²) in [5, 5.41) is 11.0. The highest BCUT2D eigenvalue weighted by Gasteiger charge is 2.23. The molecule has 1 N–H and O–H groups in total. The Hall–Kier alpha value is -2.81. The molecule has 1 atom stereocenters. The SMILES string of the molecule is Cn1cnnc1N1CCN(C(=O)Nc2ccc(OCC3CCCO3)cc2)CC1. The van der Waals surface area contributed by atoms with E-state index in [2.05, 4.69) is 20.4 Å². The molecule has 9 nitrogen and oxygen atoms in total. The standard InChI is InChI=1S/C19H26N6O3/c1-23-14-20-22-18(23)24-8-10-25(11-9-24)19(26)21-15-4-6-16(7-5-15)28-13-17-3-2-12-27-17/h4-7,14,17H,2-3,8-13H2,1H3,(H,21,26). The first-order chi connectivity index (χ1) is 13.7. The number of urea groups is 1. The van der Waals surface area contributed by atoms with Gasteiger partial charge < -0.3 is 29.2 Å². The third-order valence-electron chi connectivity index (χ3n) is 5.10. The summed E-state index contributed by atoms with van der Waals surface area (Å²) in [6, 6.07) is 7.37. The first kappa shape index (κ1) is 18.5. The zero-order valence-electron chi connectivity index (χ0n) is 16.1. The van der Waals surface area contributed by atoms with Gasteiger partial charge in [-0.1, -0.05) is 0 Å². The van der Waals surface area contributed by atoms with Crippen molar-refractivity contribution in [1.82, 2.24) is 19.7 Å². The van der Waals surface area contributed by atoms with Gasteiger partial charge in [-0.15, -0.1) is 10.2 Å². The van der Waals surface area contributed by atoms with Crippen molar-refractivity contribution in [2.75, 3.05) is 49.6 Å². The van der Waals surface area contributed by atoms with Crippen molar-refractivity contribution in [3.8, 4) is 5.75 Å². The molecular weight excluding hydrogens is 360 g/mol. The number of ether oxygens (including phenoxy) is 2. The summed E-state index contributed by atoms with van der Waals surface area (Å²) in [4.78, 5) is 16.5. The van der Waals surface area contributed by atoms with Crippen LogP contribution in [0.5, 0.6) is 5.75 Å². The lowest BCUT2D eigenvalue weighted by Gasteiger charge is -2.34. The molecule has 2 saturated heterocycles. The maximum absolute atomic E-state index is 12.5. The van der Waals surface area contributed by atoms with E-state index in [1.54, 1.807) is 6.33 Å². The first-order valence-electron chi connectivity index (χ1n) is 9.68. The molecule has 0 aliphatic carbocycles. The second-order valence-corrected chi connectivity index (χ2v) is 7.12. The van der Waals surface area contributed by atoms with Gasteiger partial charge >= 0.3 is 6.03 Å². The predicted molar refractivity (Wildman–Crippen MR) is 105 cm³/mol. The van der Waals surface area contributed by atoms with E-state index in [0.29, 0.717) is 19.7 Å². The Morgan fingerprint density at radius 1 is 1.25 bits per heavy atom. The smallest absolute Gasteiger partial charge is 0.321 e.